The second-order valence-corrected chi connectivity index (χ2v) is 5.74. The molecule has 3 nitrogen and oxygen atoms in total. The summed E-state index contributed by atoms with van der Waals surface area (Å²) in [6, 6.07) is 15.8. The lowest BCUT2D eigenvalue weighted by atomic mass is 9.92. The van der Waals surface area contributed by atoms with Crippen LogP contribution in [0.2, 0.25) is 0 Å². The molecule has 0 spiro atoms. The number of rotatable bonds is 5. The van der Waals surface area contributed by atoms with Crippen molar-refractivity contribution in [2.45, 2.75) is 26.6 Å². The van der Waals surface area contributed by atoms with Crippen LogP contribution in [0.25, 0.3) is 21.5 Å². The van der Waals surface area contributed by atoms with Gasteiger partial charge in [-0.2, -0.15) is 0 Å². The number of aliphatic hydroxyl groups excluding tert-OH is 1. The lowest BCUT2D eigenvalue weighted by Crippen LogP contribution is -2.07. The normalized spacial score (nSPS) is 10.9. The molecule has 0 aromatic heterocycles. The fraction of sp³-hybridized carbons (Fsp3) is 0.190. The highest BCUT2D eigenvalue weighted by Crippen LogP contribution is 2.33. The Morgan fingerprint density at radius 3 is 1.83 bits per heavy atom. The number of hydrogen-bond donors (Lipinski definition) is 1. The van der Waals surface area contributed by atoms with E-state index >= 15 is 0 Å². The first kappa shape index (κ1) is 16.2. The van der Waals surface area contributed by atoms with Gasteiger partial charge in [0.1, 0.15) is 6.61 Å². The largest absolute Gasteiger partial charge is 0.457 e. The molecule has 0 radical (unpaired) electrons. The van der Waals surface area contributed by atoms with Crippen molar-refractivity contribution in [1.82, 2.24) is 0 Å². The molecule has 0 unspecified atom stereocenters. The third-order valence-corrected chi connectivity index (χ3v) is 4.38. The zero-order valence-corrected chi connectivity index (χ0v) is 13.7. The smallest absolute Gasteiger partial charge is 0.333 e. The van der Waals surface area contributed by atoms with E-state index in [-0.39, 0.29) is 19.2 Å². The Kier molecular flexibility index (Phi) is 4.63. The van der Waals surface area contributed by atoms with Crippen LogP contribution < -0.4 is 0 Å². The predicted octanol–water partition coefficient (Wildman–Crippen LogP) is 4.49. The molecule has 3 heteroatoms. The summed E-state index contributed by atoms with van der Waals surface area (Å²) in [5.41, 5.74) is 2.32. The zero-order chi connectivity index (χ0) is 17.1. The van der Waals surface area contributed by atoms with E-state index in [1.807, 2.05) is 55.5 Å². The van der Waals surface area contributed by atoms with Crippen LogP contribution in [-0.4, -0.2) is 11.1 Å². The Hall–Kier alpha value is -2.65. The van der Waals surface area contributed by atoms with E-state index in [9.17, 15) is 9.90 Å². The van der Waals surface area contributed by atoms with Crippen LogP contribution in [0.4, 0.5) is 0 Å². The Labute approximate surface area is 141 Å². The van der Waals surface area contributed by atoms with E-state index in [1.54, 1.807) is 0 Å². The number of esters is 1. The van der Waals surface area contributed by atoms with E-state index in [4.69, 9.17) is 4.74 Å². The fourth-order valence-corrected chi connectivity index (χ4v) is 3.02. The highest BCUT2D eigenvalue weighted by Gasteiger charge is 2.15. The Balaban J connectivity index is 2.18. The molecule has 3 aromatic rings. The topological polar surface area (TPSA) is 46.5 Å². The lowest BCUT2D eigenvalue weighted by Gasteiger charge is -2.16. The molecule has 1 N–H and O–H groups in total. The van der Waals surface area contributed by atoms with Crippen molar-refractivity contribution in [3.8, 4) is 0 Å². The molecular formula is C21H20O3. The van der Waals surface area contributed by atoms with Crippen LogP contribution in [0.15, 0.2) is 60.7 Å². The van der Waals surface area contributed by atoms with Gasteiger partial charge < -0.3 is 9.84 Å². The second kappa shape index (κ2) is 6.85. The first-order chi connectivity index (χ1) is 11.7. The Morgan fingerprint density at radius 1 is 0.958 bits per heavy atom. The molecule has 0 aliphatic rings. The molecule has 3 rings (SSSR count). The zero-order valence-electron chi connectivity index (χ0n) is 13.7. The van der Waals surface area contributed by atoms with E-state index in [2.05, 4.69) is 6.58 Å². The van der Waals surface area contributed by atoms with E-state index in [1.165, 1.54) is 0 Å². The molecule has 0 saturated heterocycles. The van der Waals surface area contributed by atoms with E-state index < -0.39 is 0 Å². The van der Waals surface area contributed by atoms with Gasteiger partial charge in [0, 0.05) is 11.1 Å². The van der Waals surface area contributed by atoms with Crippen molar-refractivity contribution in [1.29, 1.82) is 0 Å². The minimum atomic E-state index is -0.364. The van der Waals surface area contributed by atoms with Crippen molar-refractivity contribution in [3.63, 3.8) is 0 Å². The summed E-state index contributed by atoms with van der Waals surface area (Å²) in [6.07, 6.45) is 0.573. The van der Waals surface area contributed by atoms with E-state index in [0.717, 1.165) is 32.7 Å². The number of fused-ring (bicyclic) bond motifs is 2. The van der Waals surface area contributed by atoms with Gasteiger partial charge in [0.05, 0.1) is 6.61 Å². The van der Waals surface area contributed by atoms with Crippen LogP contribution in [0, 0.1) is 0 Å². The summed E-state index contributed by atoms with van der Waals surface area (Å²) in [7, 11) is 0. The maximum Gasteiger partial charge on any atom is 0.333 e. The molecule has 3 aromatic carbocycles. The molecule has 0 atom stereocenters. The van der Waals surface area contributed by atoms with Crippen molar-refractivity contribution in [3.05, 3.63) is 71.8 Å². The van der Waals surface area contributed by atoms with Crippen LogP contribution in [0.3, 0.4) is 0 Å². The van der Waals surface area contributed by atoms with Crippen LogP contribution in [-0.2, 0) is 22.7 Å². The minimum absolute atomic E-state index is 0.0340. The monoisotopic (exact) mass is 320 g/mol. The lowest BCUT2D eigenvalue weighted by molar-refractivity contribution is -0.140. The van der Waals surface area contributed by atoms with Crippen molar-refractivity contribution >= 4 is 27.5 Å². The van der Waals surface area contributed by atoms with Gasteiger partial charge >= 0.3 is 5.97 Å². The van der Waals surface area contributed by atoms with Crippen LogP contribution >= 0.6 is 0 Å². The summed E-state index contributed by atoms with van der Waals surface area (Å²) in [6.45, 7) is 5.76. The number of hydrogen-bond acceptors (Lipinski definition) is 3. The Morgan fingerprint density at radius 2 is 1.42 bits per heavy atom. The third kappa shape index (κ3) is 2.79. The molecule has 24 heavy (non-hydrogen) atoms. The molecule has 122 valence electrons. The summed E-state index contributed by atoms with van der Waals surface area (Å²) < 4.78 is 5.47. The third-order valence-electron chi connectivity index (χ3n) is 4.38. The highest BCUT2D eigenvalue weighted by atomic mass is 16.5. The first-order valence-corrected chi connectivity index (χ1v) is 8.04. The first-order valence-electron chi connectivity index (χ1n) is 8.04. The van der Waals surface area contributed by atoms with Crippen molar-refractivity contribution in [2.24, 2.45) is 0 Å². The van der Waals surface area contributed by atoms with Crippen molar-refractivity contribution < 1.29 is 14.6 Å². The number of aliphatic hydroxyl groups is 1. The van der Waals surface area contributed by atoms with Gasteiger partial charge in [-0.1, -0.05) is 62.0 Å². The van der Waals surface area contributed by atoms with Gasteiger partial charge in [0.2, 0.25) is 0 Å². The number of benzene rings is 3. The molecule has 0 amide bonds. The molecule has 0 fully saturated rings. The number of ether oxygens (including phenoxy) is 1. The standard InChI is InChI=1S/C21H20O3/c1-3-14(2)21(23)24-13-20-17-10-6-4-8-15(17)19(12-22)16-9-5-7-11-18(16)20/h4-11,22H,2-3,12-13H2,1H3. The minimum Gasteiger partial charge on any atom is -0.457 e. The van der Waals surface area contributed by atoms with Gasteiger partial charge in [-0.15, -0.1) is 0 Å². The predicted molar refractivity (Wildman–Crippen MR) is 96.6 cm³/mol. The summed E-state index contributed by atoms with van der Waals surface area (Å²) in [5, 5.41) is 13.8. The average Bonchev–Trinajstić information content (AvgIpc) is 2.64. The summed E-state index contributed by atoms with van der Waals surface area (Å²) in [4.78, 5) is 12.0. The molecule has 0 heterocycles. The number of carbonyl (C=O) groups is 1. The van der Waals surface area contributed by atoms with Gasteiger partial charge in [-0.25, -0.2) is 4.79 Å². The van der Waals surface area contributed by atoms with Gasteiger partial charge in [0.25, 0.3) is 0 Å². The van der Waals surface area contributed by atoms with Crippen molar-refractivity contribution in [2.75, 3.05) is 0 Å². The van der Waals surface area contributed by atoms with Gasteiger partial charge in [-0.3, -0.25) is 0 Å². The van der Waals surface area contributed by atoms with Crippen LogP contribution in [0.1, 0.15) is 24.5 Å². The second-order valence-electron chi connectivity index (χ2n) is 5.74. The molecule has 0 bridgehead atoms. The van der Waals surface area contributed by atoms with Crippen LogP contribution in [0.5, 0.6) is 0 Å². The summed E-state index contributed by atoms with van der Waals surface area (Å²) in [5.74, 6) is -0.364. The Bertz CT molecular complexity index is 868. The fourth-order valence-electron chi connectivity index (χ4n) is 3.02. The van der Waals surface area contributed by atoms with E-state index in [0.29, 0.717) is 12.0 Å². The molecular weight excluding hydrogens is 300 g/mol. The van der Waals surface area contributed by atoms with Gasteiger partial charge in [0.15, 0.2) is 0 Å². The molecule has 0 aliphatic carbocycles. The number of carbonyl (C=O) groups excluding carboxylic acids is 1. The maximum atomic E-state index is 12.0. The summed E-state index contributed by atoms with van der Waals surface area (Å²) >= 11 is 0. The SMILES string of the molecule is C=C(CC)C(=O)OCc1c2ccccc2c(CO)c2ccccc12. The van der Waals surface area contributed by atoms with Gasteiger partial charge in [-0.05, 0) is 33.5 Å². The average molecular weight is 320 g/mol. The molecule has 0 aliphatic heterocycles. The quantitative estimate of drug-likeness (QED) is 0.428. The maximum absolute atomic E-state index is 12.0. The highest BCUT2D eigenvalue weighted by molar-refractivity contribution is 6.05. The molecule has 0 saturated carbocycles.